The summed E-state index contributed by atoms with van der Waals surface area (Å²) in [6.07, 6.45) is -0.952. The van der Waals surface area contributed by atoms with Gasteiger partial charge < -0.3 is 19.3 Å². The highest BCUT2D eigenvalue weighted by atomic mass is 79.9. The molecule has 0 bridgehead atoms. The highest BCUT2D eigenvalue weighted by molar-refractivity contribution is 9.10. The van der Waals surface area contributed by atoms with Gasteiger partial charge in [0.15, 0.2) is 17.6 Å². The summed E-state index contributed by atoms with van der Waals surface area (Å²) in [7, 11) is 1.49. The van der Waals surface area contributed by atoms with Gasteiger partial charge in [0, 0.05) is 4.47 Å². The first-order valence-electron chi connectivity index (χ1n) is 6.96. The van der Waals surface area contributed by atoms with Gasteiger partial charge in [0.1, 0.15) is 11.3 Å². The first kappa shape index (κ1) is 17.8. The molecule has 126 valence electrons. The van der Waals surface area contributed by atoms with Crippen LogP contribution in [0.3, 0.4) is 0 Å². The monoisotopic (exact) mass is 394 g/mol. The summed E-state index contributed by atoms with van der Waals surface area (Å²) in [6, 6.07) is 11.2. The molecule has 0 aliphatic rings. The molecule has 24 heavy (non-hydrogen) atoms. The number of rotatable bonds is 6. The molecule has 0 radical (unpaired) electrons. The third-order valence-electron chi connectivity index (χ3n) is 3.09. The molecule has 6 nitrogen and oxygen atoms in total. The van der Waals surface area contributed by atoms with Gasteiger partial charge in [-0.1, -0.05) is 28.1 Å². The number of ether oxygens (including phenoxy) is 3. The van der Waals surface area contributed by atoms with Gasteiger partial charge in [0.05, 0.1) is 7.11 Å². The summed E-state index contributed by atoms with van der Waals surface area (Å²) < 4.78 is 16.4. The molecule has 0 saturated carbocycles. The average molecular weight is 395 g/mol. The number of carboxylic acids is 1. The Labute approximate surface area is 147 Å². The molecule has 0 spiro atoms. The molecule has 2 rings (SSSR count). The van der Waals surface area contributed by atoms with Gasteiger partial charge in [-0.15, -0.1) is 0 Å². The van der Waals surface area contributed by atoms with E-state index in [4.69, 9.17) is 14.2 Å². The first-order chi connectivity index (χ1) is 11.4. The van der Waals surface area contributed by atoms with E-state index in [1.54, 1.807) is 30.3 Å². The lowest BCUT2D eigenvalue weighted by atomic mass is 10.2. The van der Waals surface area contributed by atoms with Crippen molar-refractivity contribution in [1.29, 1.82) is 0 Å². The number of esters is 1. The first-order valence-corrected chi connectivity index (χ1v) is 7.76. The number of carbonyl (C=O) groups excluding carboxylic acids is 1. The number of carbonyl (C=O) groups is 2. The van der Waals surface area contributed by atoms with Crippen molar-refractivity contribution in [3.05, 3.63) is 52.5 Å². The summed E-state index contributed by atoms with van der Waals surface area (Å²) in [5.41, 5.74) is -0.123. The smallest absolute Gasteiger partial charge is 0.352 e. The van der Waals surface area contributed by atoms with E-state index in [1.807, 2.05) is 0 Å². The van der Waals surface area contributed by atoms with Crippen molar-refractivity contribution >= 4 is 27.9 Å². The second-order valence-corrected chi connectivity index (χ2v) is 5.69. The lowest BCUT2D eigenvalue weighted by Gasteiger charge is -2.16. The number of methoxy groups -OCH3 is 1. The van der Waals surface area contributed by atoms with Gasteiger partial charge in [-0.3, -0.25) is 0 Å². The SMILES string of the molecule is COc1ccccc1OC(C)C(=O)Oc1ccc(Br)cc1C(=O)O. The lowest BCUT2D eigenvalue weighted by molar-refractivity contribution is -0.141. The van der Waals surface area contributed by atoms with Crippen molar-refractivity contribution in [3.63, 3.8) is 0 Å². The lowest BCUT2D eigenvalue weighted by Crippen LogP contribution is -2.29. The summed E-state index contributed by atoms with van der Waals surface area (Å²) in [6.45, 7) is 1.51. The quantitative estimate of drug-likeness (QED) is 0.595. The Morgan fingerprint density at radius 2 is 1.75 bits per heavy atom. The maximum Gasteiger partial charge on any atom is 0.352 e. The van der Waals surface area contributed by atoms with Crippen LogP contribution in [0.1, 0.15) is 17.3 Å². The number of aromatic carboxylic acids is 1. The number of hydrogen-bond acceptors (Lipinski definition) is 5. The largest absolute Gasteiger partial charge is 0.493 e. The van der Waals surface area contributed by atoms with E-state index in [1.165, 1.54) is 26.2 Å². The molecule has 0 fully saturated rings. The summed E-state index contributed by atoms with van der Waals surface area (Å²) in [5, 5.41) is 9.19. The maximum absolute atomic E-state index is 12.2. The van der Waals surface area contributed by atoms with E-state index < -0.39 is 18.0 Å². The molecule has 0 amide bonds. The van der Waals surface area contributed by atoms with Crippen LogP contribution in [-0.2, 0) is 4.79 Å². The van der Waals surface area contributed by atoms with Crippen molar-refractivity contribution in [2.45, 2.75) is 13.0 Å². The van der Waals surface area contributed by atoms with E-state index in [0.29, 0.717) is 16.0 Å². The Morgan fingerprint density at radius 3 is 2.38 bits per heavy atom. The minimum absolute atomic E-state index is 0.0498. The molecule has 1 unspecified atom stereocenters. The van der Waals surface area contributed by atoms with Crippen molar-refractivity contribution < 1.29 is 28.9 Å². The van der Waals surface area contributed by atoms with Gasteiger partial charge in [-0.2, -0.15) is 0 Å². The molecule has 1 atom stereocenters. The van der Waals surface area contributed by atoms with Crippen molar-refractivity contribution in [2.24, 2.45) is 0 Å². The minimum Gasteiger partial charge on any atom is -0.493 e. The fourth-order valence-corrected chi connectivity index (χ4v) is 2.27. The van der Waals surface area contributed by atoms with Crippen LogP contribution in [0.2, 0.25) is 0 Å². The van der Waals surface area contributed by atoms with E-state index in [9.17, 15) is 14.7 Å². The van der Waals surface area contributed by atoms with E-state index in [0.717, 1.165) is 0 Å². The standard InChI is InChI=1S/C17H15BrO6/c1-10(23-15-6-4-3-5-14(15)22-2)17(21)24-13-8-7-11(18)9-12(13)16(19)20/h3-10H,1-2H3,(H,19,20). The van der Waals surface area contributed by atoms with E-state index >= 15 is 0 Å². The number of para-hydroxylation sites is 2. The molecule has 7 heteroatoms. The Morgan fingerprint density at radius 1 is 1.08 bits per heavy atom. The Balaban J connectivity index is 2.14. The maximum atomic E-state index is 12.2. The van der Waals surface area contributed by atoms with Gasteiger partial charge in [0.25, 0.3) is 0 Å². The van der Waals surface area contributed by atoms with Gasteiger partial charge in [0.2, 0.25) is 0 Å². The van der Waals surface area contributed by atoms with Crippen LogP contribution >= 0.6 is 15.9 Å². The zero-order chi connectivity index (χ0) is 17.7. The molecular formula is C17H15BrO6. The highest BCUT2D eigenvalue weighted by Gasteiger charge is 2.22. The molecule has 2 aromatic rings. The minimum atomic E-state index is -1.20. The van der Waals surface area contributed by atoms with Gasteiger partial charge >= 0.3 is 11.9 Å². The Kier molecular flexibility index (Phi) is 5.81. The molecule has 0 aliphatic carbocycles. The third kappa shape index (κ3) is 4.26. The van der Waals surface area contributed by atoms with Crippen LogP contribution in [0.15, 0.2) is 46.9 Å². The molecule has 1 N–H and O–H groups in total. The molecule has 0 saturated heterocycles. The predicted molar refractivity (Wildman–Crippen MR) is 89.8 cm³/mol. The number of hydrogen-bond donors (Lipinski definition) is 1. The Hall–Kier alpha value is -2.54. The molecule has 0 aliphatic heterocycles. The number of benzene rings is 2. The average Bonchev–Trinajstić information content (AvgIpc) is 2.56. The second-order valence-electron chi connectivity index (χ2n) is 4.78. The second kappa shape index (κ2) is 7.83. The van der Waals surface area contributed by atoms with Crippen LogP contribution in [0.5, 0.6) is 17.2 Å². The van der Waals surface area contributed by atoms with Crippen LogP contribution in [0, 0.1) is 0 Å². The molecular weight excluding hydrogens is 380 g/mol. The predicted octanol–water partition coefficient (Wildman–Crippen LogP) is 3.53. The fraction of sp³-hybridized carbons (Fsp3) is 0.176. The van der Waals surface area contributed by atoms with Crippen LogP contribution in [-0.4, -0.2) is 30.3 Å². The zero-order valence-electron chi connectivity index (χ0n) is 13.0. The summed E-state index contributed by atoms with van der Waals surface area (Å²) in [4.78, 5) is 23.4. The molecule has 2 aromatic carbocycles. The molecule has 0 heterocycles. The number of halogens is 1. The van der Waals surface area contributed by atoms with E-state index in [-0.39, 0.29) is 11.3 Å². The number of carboxylic acid groups (broad SMARTS) is 1. The van der Waals surface area contributed by atoms with Crippen LogP contribution in [0.25, 0.3) is 0 Å². The Bertz CT molecular complexity index is 758. The van der Waals surface area contributed by atoms with Crippen molar-refractivity contribution in [2.75, 3.05) is 7.11 Å². The highest BCUT2D eigenvalue weighted by Crippen LogP contribution is 2.28. The zero-order valence-corrected chi connectivity index (χ0v) is 14.6. The normalized spacial score (nSPS) is 11.5. The van der Waals surface area contributed by atoms with Crippen molar-refractivity contribution in [1.82, 2.24) is 0 Å². The van der Waals surface area contributed by atoms with Gasteiger partial charge in [-0.05, 0) is 37.3 Å². The van der Waals surface area contributed by atoms with Crippen LogP contribution in [0.4, 0.5) is 0 Å². The van der Waals surface area contributed by atoms with Gasteiger partial charge in [-0.25, -0.2) is 9.59 Å². The third-order valence-corrected chi connectivity index (χ3v) is 3.58. The topological polar surface area (TPSA) is 82.1 Å². The van der Waals surface area contributed by atoms with Crippen LogP contribution < -0.4 is 14.2 Å². The summed E-state index contributed by atoms with van der Waals surface area (Å²) >= 11 is 3.18. The summed E-state index contributed by atoms with van der Waals surface area (Å²) in [5.74, 6) is -1.10. The van der Waals surface area contributed by atoms with Crippen molar-refractivity contribution in [3.8, 4) is 17.2 Å². The fourth-order valence-electron chi connectivity index (χ4n) is 1.90. The molecule has 0 aromatic heterocycles. The van der Waals surface area contributed by atoms with E-state index in [2.05, 4.69) is 15.9 Å².